The molecule has 0 atom stereocenters. The molecule has 0 aliphatic heterocycles. The highest BCUT2D eigenvalue weighted by Gasteiger charge is 2.01. The first-order valence-electron chi connectivity index (χ1n) is 4.46. The summed E-state index contributed by atoms with van der Waals surface area (Å²) in [6.45, 7) is 4.46. The summed E-state index contributed by atoms with van der Waals surface area (Å²) in [5.41, 5.74) is 1.09. The second kappa shape index (κ2) is 5.29. The zero-order valence-corrected chi connectivity index (χ0v) is 8.92. The van der Waals surface area contributed by atoms with Crippen LogP contribution in [0.15, 0.2) is 12.3 Å². The Kier molecular flexibility index (Phi) is 4.32. The highest BCUT2D eigenvalue weighted by Crippen LogP contribution is 2.11. The number of thioether (sulfide) groups is 1. The minimum Gasteiger partial charge on any atom is -0.396 e. The lowest BCUT2D eigenvalue weighted by atomic mass is 10.4. The average molecular weight is 200 g/mol. The van der Waals surface area contributed by atoms with Gasteiger partial charge in [0.25, 0.3) is 0 Å². The van der Waals surface area contributed by atoms with Crippen molar-refractivity contribution in [2.45, 2.75) is 25.6 Å². The van der Waals surface area contributed by atoms with Crippen LogP contribution >= 0.6 is 11.8 Å². The van der Waals surface area contributed by atoms with E-state index in [1.165, 1.54) is 0 Å². The van der Waals surface area contributed by atoms with Gasteiger partial charge < -0.3 is 5.11 Å². The van der Waals surface area contributed by atoms with Gasteiger partial charge in [-0.05, 0) is 19.9 Å². The molecular formula is C9H16N2OS. The minimum absolute atomic E-state index is 0.246. The Morgan fingerprint density at radius 2 is 2.38 bits per heavy atom. The molecule has 1 aromatic rings. The first-order valence-corrected chi connectivity index (χ1v) is 5.62. The molecule has 0 unspecified atom stereocenters. The van der Waals surface area contributed by atoms with Crippen LogP contribution in [0.3, 0.4) is 0 Å². The van der Waals surface area contributed by atoms with Crippen molar-refractivity contribution in [1.29, 1.82) is 0 Å². The van der Waals surface area contributed by atoms with E-state index >= 15 is 0 Å². The van der Waals surface area contributed by atoms with Crippen molar-refractivity contribution >= 4 is 11.8 Å². The maximum absolute atomic E-state index is 8.59. The van der Waals surface area contributed by atoms with Crippen LogP contribution in [0.1, 0.15) is 25.6 Å². The van der Waals surface area contributed by atoms with Gasteiger partial charge in [-0.25, -0.2) is 0 Å². The molecule has 1 aromatic heterocycles. The Morgan fingerprint density at radius 1 is 1.62 bits per heavy atom. The third-order valence-electron chi connectivity index (χ3n) is 1.68. The molecule has 1 N–H and O–H groups in total. The largest absolute Gasteiger partial charge is 0.396 e. The van der Waals surface area contributed by atoms with Crippen LogP contribution in [-0.2, 0) is 5.75 Å². The Balaban J connectivity index is 2.40. The third kappa shape index (κ3) is 3.40. The summed E-state index contributed by atoms with van der Waals surface area (Å²) in [6, 6.07) is 2.46. The molecule has 0 saturated carbocycles. The van der Waals surface area contributed by atoms with E-state index in [0.29, 0.717) is 6.04 Å². The number of nitrogens with zero attached hydrogens (tertiary/aromatic N) is 2. The number of hydrogen-bond acceptors (Lipinski definition) is 3. The summed E-state index contributed by atoms with van der Waals surface area (Å²) >= 11 is 1.71. The molecule has 0 bridgehead atoms. The summed E-state index contributed by atoms with van der Waals surface area (Å²) in [7, 11) is 0. The van der Waals surface area contributed by atoms with Gasteiger partial charge in [0.15, 0.2) is 0 Å². The minimum atomic E-state index is 0.246. The highest BCUT2D eigenvalue weighted by atomic mass is 32.2. The fourth-order valence-corrected chi connectivity index (χ4v) is 1.62. The molecule has 3 nitrogen and oxygen atoms in total. The van der Waals surface area contributed by atoms with Crippen LogP contribution in [0.2, 0.25) is 0 Å². The van der Waals surface area contributed by atoms with Gasteiger partial charge in [0, 0.05) is 23.7 Å². The molecule has 13 heavy (non-hydrogen) atoms. The van der Waals surface area contributed by atoms with E-state index in [-0.39, 0.29) is 6.61 Å². The lowest BCUT2D eigenvalue weighted by molar-refractivity contribution is 0.322. The zero-order valence-electron chi connectivity index (χ0n) is 8.10. The molecule has 0 fully saturated rings. The highest BCUT2D eigenvalue weighted by molar-refractivity contribution is 7.98. The molecule has 0 aliphatic rings. The Morgan fingerprint density at radius 3 is 2.92 bits per heavy atom. The molecule has 0 saturated heterocycles. The summed E-state index contributed by atoms with van der Waals surface area (Å²) < 4.78 is 1.95. The lowest BCUT2D eigenvalue weighted by Crippen LogP contribution is -2.01. The lowest BCUT2D eigenvalue weighted by Gasteiger charge is -2.03. The van der Waals surface area contributed by atoms with Gasteiger partial charge in [0.1, 0.15) is 0 Å². The maximum atomic E-state index is 8.59. The smallest absolute Gasteiger partial charge is 0.0723 e. The molecule has 0 aromatic carbocycles. The van der Waals surface area contributed by atoms with Crippen molar-refractivity contribution in [1.82, 2.24) is 9.78 Å². The van der Waals surface area contributed by atoms with E-state index in [9.17, 15) is 0 Å². The molecule has 1 rings (SSSR count). The summed E-state index contributed by atoms with van der Waals surface area (Å²) in [5, 5.41) is 13.0. The van der Waals surface area contributed by atoms with E-state index in [0.717, 1.165) is 17.2 Å². The van der Waals surface area contributed by atoms with Crippen LogP contribution in [0.5, 0.6) is 0 Å². The van der Waals surface area contributed by atoms with Gasteiger partial charge in [-0.1, -0.05) is 0 Å². The number of aliphatic hydroxyl groups is 1. The maximum Gasteiger partial charge on any atom is 0.0723 e. The zero-order chi connectivity index (χ0) is 9.68. The molecule has 4 heteroatoms. The van der Waals surface area contributed by atoms with Crippen molar-refractivity contribution in [2.75, 3.05) is 12.4 Å². The molecule has 0 spiro atoms. The van der Waals surface area contributed by atoms with E-state index in [4.69, 9.17) is 5.11 Å². The average Bonchev–Trinajstić information content (AvgIpc) is 2.53. The Bertz CT molecular complexity index is 248. The van der Waals surface area contributed by atoms with Gasteiger partial charge >= 0.3 is 0 Å². The fourth-order valence-electron chi connectivity index (χ4n) is 0.983. The molecular weight excluding hydrogens is 184 g/mol. The molecule has 0 radical (unpaired) electrons. The molecule has 74 valence electrons. The van der Waals surface area contributed by atoms with Crippen LogP contribution in [0, 0.1) is 0 Å². The van der Waals surface area contributed by atoms with Gasteiger partial charge in [-0.15, -0.1) is 0 Å². The van der Waals surface area contributed by atoms with Crippen molar-refractivity contribution in [3.8, 4) is 0 Å². The van der Waals surface area contributed by atoms with Crippen molar-refractivity contribution in [2.24, 2.45) is 0 Å². The number of aliphatic hydroxyl groups excluding tert-OH is 1. The van der Waals surface area contributed by atoms with Gasteiger partial charge in [-0.3, -0.25) is 4.68 Å². The molecule has 1 heterocycles. The Hall–Kier alpha value is -0.480. The van der Waals surface area contributed by atoms with Crippen LogP contribution in [0.4, 0.5) is 0 Å². The van der Waals surface area contributed by atoms with Crippen LogP contribution in [0.25, 0.3) is 0 Å². The normalized spacial score (nSPS) is 11.1. The van der Waals surface area contributed by atoms with Crippen molar-refractivity contribution < 1.29 is 5.11 Å². The van der Waals surface area contributed by atoms with Crippen molar-refractivity contribution in [3.05, 3.63) is 18.0 Å². The summed E-state index contributed by atoms with van der Waals surface area (Å²) in [4.78, 5) is 0. The molecule has 0 aliphatic carbocycles. The van der Waals surface area contributed by atoms with Gasteiger partial charge in [-0.2, -0.15) is 16.9 Å². The summed E-state index contributed by atoms with van der Waals surface area (Å²) in [5.74, 6) is 1.68. The predicted octanol–water partition coefficient (Wildman–Crippen LogP) is 1.69. The number of hydrogen-bond donors (Lipinski definition) is 1. The standard InChI is InChI=1S/C9H16N2OS/c1-8(2)11-4-3-9(10-11)7-13-6-5-12/h3-4,8,12H,5-7H2,1-2H3. The first kappa shape index (κ1) is 10.6. The fraction of sp³-hybridized carbons (Fsp3) is 0.667. The number of rotatable bonds is 5. The SMILES string of the molecule is CC(C)n1ccc(CSCCO)n1. The van der Waals surface area contributed by atoms with E-state index in [1.54, 1.807) is 11.8 Å². The predicted molar refractivity (Wildman–Crippen MR) is 55.9 cm³/mol. The van der Waals surface area contributed by atoms with Crippen LogP contribution < -0.4 is 0 Å². The molecule has 0 amide bonds. The number of aromatic nitrogens is 2. The third-order valence-corrected chi connectivity index (χ3v) is 2.65. The van der Waals surface area contributed by atoms with Gasteiger partial charge in [0.05, 0.1) is 12.3 Å². The van der Waals surface area contributed by atoms with E-state index < -0.39 is 0 Å². The van der Waals surface area contributed by atoms with Gasteiger partial charge in [0.2, 0.25) is 0 Å². The second-order valence-electron chi connectivity index (χ2n) is 3.16. The first-order chi connectivity index (χ1) is 6.24. The quantitative estimate of drug-likeness (QED) is 0.735. The summed E-state index contributed by atoms with van der Waals surface area (Å²) in [6.07, 6.45) is 2.00. The topological polar surface area (TPSA) is 38.0 Å². The van der Waals surface area contributed by atoms with Crippen LogP contribution in [-0.4, -0.2) is 27.2 Å². The van der Waals surface area contributed by atoms with E-state index in [1.807, 2.05) is 16.9 Å². The van der Waals surface area contributed by atoms with E-state index in [2.05, 4.69) is 18.9 Å². The second-order valence-corrected chi connectivity index (χ2v) is 4.26. The van der Waals surface area contributed by atoms with Crippen molar-refractivity contribution in [3.63, 3.8) is 0 Å². The monoisotopic (exact) mass is 200 g/mol. The Labute approximate surface area is 83.1 Å².